The maximum atomic E-state index is 13.5. The lowest BCUT2D eigenvalue weighted by atomic mass is 10.1. The molecule has 0 radical (unpaired) electrons. The molecule has 0 amide bonds. The Balaban J connectivity index is 1.63. The Morgan fingerprint density at radius 2 is 1.85 bits per heavy atom. The Kier molecular flexibility index (Phi) is 7.34. The lowest BCUT2D eigenvalue weighted by Crippen LogP contribution is -2.48. The molecule has 0 saturated carbocycles. The van der Waals surface area contributed by atoms with Crippen molar-refractivity contribution in [1.82, 2.24) is 38.9 Å². The molecule has 1 fully saturated rings. The van der Waals surface area contributed by atoms with Crippen LogP contribution in [0, 0.1) is 0 Å². The van der Waals surface area contributed by atoms with Crippen LogP contribution >= 0.6 is 0 Å². The van der Waals surface area contributed by atoms with E-state index < -0.39 is 15.6 Å². The van der Waals surface area contributed by atoms with Gasteiger partial charge in [-0.15, -0.1) is 0 Å². The van der Waals surface area contributed by atoms with Gasteiger partial charge in [-0.3, -0.25) is 9.48 Å². The van der Waals surface area contributed by atoms with Crippen molar-refractivity contribution in [3.63, 3.8) is 0 Å². The molecule has 1 aliphatic rings. The summed E-state index contributed by atoms with van der Waals surface area (Å²) >= 11 is 0. The van der Waals surface area contributed by atoms with Gasteiger partial charge in [-0.25, -0.2) is 23.4 Å². The zero-order valence-electron chi connectivity index (χ0n) is 22.3. The lowest BCUT2D eigenvalue weighted by molar-refractivity contribution is 0.196. The summed E-state index contributed by atoms with van der Waals surface area (Å²) < 4.78 is 35.8. The van der Waals surface area contributed by atoms with Crippen molar-refractivity contribution < 1.29 is 13.2 Å². The summed E-state index contributed by atoms with van der Waals surface area (Å²) in [6, 6.07) is 5.13. The molecule has 0 bridgehead atoms. The number of likely N-dealkylation sites (N-methyl/N-ethyl adjacent to an activating group) is 1. The predicted molar refractivity (Wildman–Crippen MR) is 147 cm³/mol. The SMILES string of the molecule is CCOc1ncc(S(=O)(=O)N2CCN(CC)CC2)cc1-c1nc2c(-c3ccc(NC)nc3)n(C)nc2c(=O)[nH]1. The number of anilines is 1. The molecule has 0 spiro atoms. The van der Waals surface area contributed by atoms with Crippen molar-refractivity contribution in [2.24, 2.45) is 7.05 Å². The fourth-order valence-corrected chi connectivity index (χ4v) is 6.04. The van der Waals surface area contributed by atoms with Gasteiger partial charge >= 0.3 is 0 Å². The van der Waals surface area contributed by atoms with Crippen LogP contribution in [-0.2, 0) is 17.1 Å². The number of H-pyrrole nitrogens is 1. The Bertz CT molecular complexity index is 1660. The minimum atomic E-state index is -3.82. The number of hydrogen-bond acceptors (Lipinski definition) is 10. The molecule has 1 aliphatic heterocycles. The number of nitrogens with one attached hydrogen (secondary N) is 2. The Hall–Kier alpha value is -3.88. The van der Waals surface area contributed by atoms with Gasteiger partial charge in [0.2, 0.25) is 15.9 Å². The number of nitrogens with zero attached hydrogens (tertiary/aromatic N) is 7. The molecule has 0 aliphatic carbocycles. The van der Waals surface area contributed by atoms with E-state index in [1.807, 2.05) is 12.1 Å². The zero-order valence-corrected chi connectivity index (χ0v) is 23.1. The number of piperazine rings is 1. The molecular weight excluding hydrogens is 522 g/mol. The quantitative estimate of drug-likeness (QED) is 0.329. The minimum absolute atomic E-state index is 0.00640. The Morgan fingerprint density at radius 3 is 2.49 bits per heavy atom. The number of fused-ring (bicyclic) bond motifs is 1. The van der Waals surface area contributed by atoms with Crippen molar-refractivity contribution in [3.8, 4) is 28.5 Å². The van der Waals surface area contributed by atoms with Gasteiger partial charge in [-0.1, -0.05) is 6.92 Å². The van der Waals surface area contributed by atoms with Gasteiger partial charge in [0, 0.05) is 52.0 Å². The van der Waals surface area contributed by atoms with E-state index in [0.29, 0.717) is 55.4 Å². The van der Waals surface area contributed by atoms with E-state index in [1.165, 1.54) is 16.6 Å². The molecule has 13 nitrogen and oxygen atoms in total. The Labute approximate surface area is 225 Å². The molecule has 206 valence electrons. The van der Waals surface area contributed by atoms with Crippen molar-refractivity contribution in [2.75, 3.05) is 51.7 Å². The van der Waals surface area contributed by atoms with Crippen LogP contribution in [0.3, 0.4) is 0 Å². The van der Waals surface area contributed by atoms with Crippen molar-refractivity contribution in [1.29, 1.82) is 0 Å². The van der Waals surface area contributed by atoms with Gasteiger partial charge in [0.25, 0.3) is 5.56 Å². The van der Waals surface area contributed by atoms with E-state index in [-0.39, 0.29) is 27.7 Å². The maximum absolute atomic E-state index is 13.5. The third-order valence-corrected chi connectivity index (χ3v) is 8.63. The summed E-state index contributed by atoms with van der Waals surface area (Å²) in [6.07, 6.45) is 2.96. The molecule has 4 aromatic rings. The van der Waals surface area contributed by atoms with E-state index in [4.69, 9.17) is 9.72 Å². The van der Waals surface area contributed by atoms with E-state index >= 15 is 0 Å². The molecule has 5 heterocycles. The first-order chi connectivity index (χ1) is 18.8. The van der Waals surface area contributed by atoms with Crippen LogP contribution in [-0.4, -0.2) is 93.7 Å². The summed E-state index contributed by atoms with van der Waals surface area (Å²) in [7, 11) is -0.325. The Morgan fingerprint density at radius 1 is 1.08 bits per heavy atom. The molecule has 2 N–H and O–H groups in total. The van der Waals surface area contributed by atoms with Gasteiger partial charge in [-0.2, -0.15) is 9.40 Å². The van der Waals surface area contributed by atoms with Crippen LogP contribution in [0.15, 0.2) is 40.3 Å². The average Bonchev–Trinajstić information content (AvgIpc) is 3.29. The average molecular weight is 554 g/mol. The topological polar surface area (TPSA) is 151 Å². The van der Waals surface area contributed by atoms with Crippen LogP contribution in [0.1, 0.15) is 13.8 Å². The highest BCUT2D eigenvalue weighted by Crippen LogP contribution is 2.32. The van der Waals surface area contributed by atoms with Crippen LogP contribution in [0.2, 0.25) is 0 Å². The van der Waals surface area contributed by atoms with Crippen LogP contribution in [0.4, 0.5) is 5.82 Å². The number of aromatic nitrogens is 6. The molecule has 4 aromatic heterocycles. The van der Waals surface area contributed by atoms with Gasteiger partial charge in [-0.05, 0) is 31.7 Å². The molecule has 0 aromatic carbocycles. The number of aromatic amines is 1. The fourth-order valence-electron chi connectivity index (χ4n) is 4.64. The number of pyridine rings is 2. The number of rotatable bonds is 8. The molecule has 39 heavy (non-hydrogen) atoms. The largest absolute Gasteiger partial charge is 0.477 e. The van der Waals surface area contributed by atoms with E-state index in [0.717, 1.165) is 6.54 Å². The molecule has 1 saturated heterocycles. The van der Waals surface area contributed by atoms with Gasteiger partial charge in [0.15, 0.2) is 5.52 Å². The van der Waals surface area contributed by atoms with Crippen LogP contribution in [0.5, 0.6) is 5.88 Å². The fraction of sp³-hybridized carbons (Fsp3) is 0.400. The third-order valence-electron chi connectivity index (χ3n) is 6.76. The minimum Gasteiger partial charge on any atom is -0.477 e. The zero-order chi connectivity index (χ0) is 27.7. The highest BCUT2D eigenvalue weighted by Gasteiger charge is 2.30. The molecule has 14 heteroatoms. The second-order valence-electron chi connectivity index (χ2n) is 9.06. The number of hydrogen-bond donors (Lipinski definition) is 2. The van der Waals surface area contributed by atoms with Crippen molar-refractivity contribution in [2.45, 2.75) is 18.7 Å². The second kappa shape index (κ2) is 10.7. The van der Waals surface area contributed by atoms with E-state index in [2.05, 4.69) is 37.2 Å². The van der Waals surface area contributed by atoms with E-state index in [1.54, 1.807) is 31.9 Å². The second-order valence-corrected chi connectivity index (χ2v) is 11.0. The normalized spacial score (nSPS) is 15.1. The summed E-state index contributed by atoms with van der Waals surface area (Å²) in [5, 5.41) is 7.35. The van der Waals surface area contributed by atoms with E-state index in [9.17, 15) is 13.2 Å². The highest BCUT2D eigenvalue weighted by atomic mass is 32.2. The highest BCUT2D eigenvalue weighted by molar-refractivity contribution is 7.89. The third kappa shape index (κ3) is 4.97. The molecule has 0 atom stereocenters. The van der Waals surface area contributed by atoms with Crippen molar-refractivity contribution >= 4 is 26.9 Å². The number of sulfonamides is 1. The standard InChI is InChI=1S/C25H31N9O4S/c1-5-33-9-11-34(12-10-33)39(36,37)17-13-18(25(28-15-17)38-6-2)23-29-20-21(24(35)30-23)31-32(4)22(20)16-7-8-19(26-3)27-14-16/h7-8,13-15H,5-6,9-12H2,1-4H3,(H,26,27)(H,29,30,35). The summed E-state index contributed by atoms with van der Waals surface area (Å²) in [5.41, 5.74) is 1.61. The summed E-state index contributed by atoms with van der Waals surface area (Å²) in [5.74, 6) is 0.990. The molecular formula is C25H31N9O4S. The maximum Gasteiger partial charge on any atom is 0.279 e. The monoisotopic (exact) mass is 553 g/mol. The van der Waals surface area contributed by atoms with Gasteiger partial charge < -0.3 is 19.9 Å². The number of aryl methyl sites for hydroxylation is 1. The molecule has 5 rings (SSSR count). The van der Waals surface area contributed by atoms with Gasteiger partial charge in [0.1, 0.15) is 22.1 Å². The lowest BCUT2D eigenvalue weighted by Gasteiger charge is -2.33. The first-order valence-electron chi connectivity index (χ1n) is 12.7. The number of ether oxygens (including phenoxy) is 1. The molecule has 0 unspecified atom stereocenters. The summed E-state index contributed by atoms with van der Waals surface area (Å²) in [6.45, 7) is 7.11. The smallest absolute Gasteiger partial charge is 0.279 e. The van der Waals surface area contributed by atoms with Crippen LogP contribution < -0.4 is 15.6 Å². The predicted octanol–water partition coefficient (Wildman–Crippen LogP) is 1.55. The summed E-state index contributed by atoms with van der Waals surface area (Å²) in [4.78, 5) is 31.5. The van der Waals surface area contributed by atoms with Crippen LogP contribution in [0.25, 0.3) is 33.7 Å². The van der Waals surface area contributed by atoms with Gasteiger partial charge in [0.05, 0.1) is 24.1 Å². The first kappa shape index (κ1) is 26.7. The first-order valence-corrected chi connectivity index (χ1v) is 14.2. The van der Waals surface area contributed by atoms with Crippen molar-refractivity contribution in [3.05, 3.63) is 40.9 Å².